The minimum absolute atomic E-state index is 0.0224. The Kier molecular flexibility index (Phi) is 4.25. The number of hydrogen-bond acceptors (Lipinski definition) is 5. The summed E-state index contributed by atoms with van der Waals surface area (Å²) in [4.78, 5) is 16.9. The van der Waals surface area contributed by atoms with E-state index >= 15 is 0 Å². The number of hydrogen-bond donors (Lipinski definition) is 1. The molecule has 1 heterocycles. The zero-order valence-corrected chi connectivity index (χ0v) is 15.4. The van der Waals surface area contributed by atoms with Gasteiger partial charge in [0.15, 0.2) is 15.0 Å². The molecule has 3 rings (SSSR count). The van der Waals surface area contributed by atoms with Crippen molar-refractivity contribution in [3.63, 3.8) is 0 Å². The monoisotopic (exact) mass is 364 g/mol. The van der Waals surface area contributed by atoms with E-state index in [0.29, 0.717) is 10.0 Å². The molecule has 0 aliphatic heterocycles. The average molecular weight is 364 g/mol. The third kappa shape index (κ3) is 2.98. The molecule has 0 saturated heterocycles. The van der Waals surface area contributed by atoms with Gasteiger partial charge in [-0.05, 0) is 30.0 Å². The predicted molar refractivity (Wildman–Crippen MR) is 94.9 cm³/mol. The Balaban J connectivity index is 1.85. The van der Waals surface area contributed by atoms with Crippen LogP contribution >= 0.6 is 11.3 Å². The summed E-state index contributed by atoms with van der Waals surface area (Å²) >= 11 is 1.40. The van der Waals surface area contributed by atoms with Gasteiger partial charge in [-0.25, -0.2) is 13.4 Å². The number of amides is 1. The van der Waals surface area contributed by atoms with Gasteiger partial charge in [0.2, 0.25) is 5.91 Å². The molecule has 1 fully saturated rings. The second-order valence-electron chi connectivity index (χ2n) is 6.57. The van der Waals surface area contributed by atoms with Crippen LogP contribution in [-0.4, -0.2) is 25.6 Å². The van der Waals surface area contributed by atoms with E-state index in [1.54, 1.807) is 18.3 Å². The molecule has 1 saturated carbocycles. The van der Waals surface area contributed by atoms with Crippen LogP contribution in [-0.2, 0) is 20.0 Å². The molecule has 1 aromatic heterocycles. The number of aromatic nitrogens is 1. The first-order valence-corrected chi connectivity index (χ1v) is 10.5. The Morgan fingerprint density at radius 3 is 2.50 bits per heavy atom. The van der Waals surface area contributed by atoms with Crippen LogP contribution < -0.4 is 5.32 Å². The zero-order valence-electron chi connectivity index (χ0n) is 13.8. The minimum atomic E-state index is -3.22. The summed E-state index contributed by atoms with van der Waals surface area (Å²) in [6.07, 6.45) is 3.62. The fourth-order valence-electron chi connectivity index (χ4n) is 3.39. The molecule has 0 bridgehead atoms. The van der Waals surface area contributed by atoms with E-state index in [1.165, 1.54) is 17.6 Å². The number of rotatable bonds is 5. The summed E-state index contributed by atoms with van der Waals surface area (Å²) in [6.45, 7) is 4.20. The van der Waals surface area contributed by atoms with Gasteiger partial charge in [0.1, 0.15) is 0 Å². The van der Waals surface area contributed by atoms with E-state index < -0.39 is 9.84 Å². The van der Waals surface area contributed by atoms with Crippen LogP contribution in [0.15, 0.2) is 40.7 Å². The molecule has 1 aliphatic rings. The summed E-state index contributed by atoms with van der Waals surface area (Å²) in [5, 5.41) is 5.30. The first kappa shape index (κ1) is 17.1. The van der Waals surface area contributed by atoms with Gasteiger partial charge in [0.05, 0.1) is 4.90 Å². The molecule has 24 heavy (non-hydrogen) atoms. The molecule has 0 radical (unpaired) electrons. The molecular formula is C17H20N2O3S2. The van der Waals surface area contributed by atoms with Crippen molar-refractivity contribution in [1.82, 2.24) is 4.98 Å². The van der Waals surface area contributed by atoms with Crippen LogP contribution in [0.1, 0.15) is 25.8 Å². The van der Waals surface area contributed by atoms with Gasteiger partial charge in [-0.1, -0.05) is 26.0 Å². The van der Waals surface area contributed by atoms with Gasteiger partial charge in [-0.2, -0.15) is 0 Å². The summed E-state index contributed by atoms with van der Waals surface area (Å²) < 4.78 is 23.2. The topological polar surface area (TPSA) is 76.1 Å². The van der Waals surface area contributed by atoms with Crippen molar-refractivity contribution in [1.29, 1.82) is 0 Å². The highest BCUT2D eigenvalue weighted by Crippen LogP contribution is 2.59. The standard InChI is InChI=1S/C17H20N2O3S2/c1-11(2)17(12-4-6-13(7-5-12)24(3,21)22)10-14(17)15(20)19-16-18-8-9-23-16/h4-9,11,14H,10H2,1-3H3,(H,18,19,20). The number of carbonyl (C=O) groups excluding carboxylic acids is 1. The highest BCUT2D eigenvalue weighted by Gasteiger charge is 2.60. The van der Waals surface area contributed by atoms with Crippen molar-refractivity contribution in [3.05, 3.63) is 41.4 Å². The van der Waals surface area contributed by atoms with E-state index in [1.807, 2.05) is 17.5 Å². The van der Waals surface area contributed by atoms with Crippen molar-refractivity contribution < 1.29 is 13.2 Å². The molecule has 2 atom stereocenters. The van der Waals surface area contributed by atoms with Gasteiger partial charge in [-0.3, -0.25) is 4.79 Å². The van der Waals surface area contributed by atoms with Crippen molar-refractivity contribution in [2.75, 3.05) is 11.6 Å². The number of sulfone groups is 1. The van der Waals surface area contributed by atoms with Crippen molar-refractivity contribution >= 4 is 32.2 Å². The second kappa shape index (κ2) is 5.97. The first-order valence-electron chi connectivity index (χ1n) is 7.76. The zero-order chi connectivity index (χ0) is 17.5. The Morgan fingerprint density at radius 2 is 2.00 bits per heavy atom. The van der Waals surface area contributed by atoms with Crippen LogP contribution in [0.25, 0.3) is 0 Å². The fraction of sp³-hybridized carbons (Fsp3) is 0.412. The van der Waals surface area contributed by atoms with Crippen molar-refractivity contribution in [2.24, 2.45) is 11.8 Å². The number of nitrogens with one attached hydrogen (secondary N) is 1. The van der Waals surface area contributed by atoms with Crippen molar-refractivity contribution in [2.45, 2.75) is 30.6 Å². The van der Waals surface area contributed by atoms with Gasteiger partial charge < -0.3 is 5.32 Å². The minimum Gasteiger partial charge on any atom is -0.302 e. The van der Waals surface area contributed by atoms with Gasteiger partial charge in [0.25, 0.3) is 0 Å². The lowest BCUT2D eigenvalue weighted by Crippen LogP contribution is -2.25. The summed E-state index contributed by atoms with van der Waals surface area (Å²) in [5.41, 5.74) is 0.779. The van der Waals surface area contributed by atoms with Crippen LogP contribution in [0, 0.1) is 11.8 Å². The average Bonchev–Trinajstić information content (AvgIpc) is 3.10. The van der Waals surface area contributed by atoms with Gasteiger partial charge in [0, 0.05) is 29.2 Å². The van der Waals surface area contributed by atoms with Crippen LogP contribution in [0.2, 0.25) is 0 Å². The van der Waals surface area contributed by atoms with E-state index in [4.69, 9.17) is 0 Å². The first-order chi connectivity index (χ1) is 11.2. The van der Waals surface area contributed by atoms with Crippen molar-refractivity contribution in [3.8, 4) is 0 Å². The summed E-state index contributed by atoms with van der Waals surface area (Å²) in [6, 6.07) is 6.94. The Labute approximate surface area is 146 Å². The maximum atomic E-state index is 12.6. The lowest BCUT2D eigenvalue weighted by atomic mass is 9.82. The molecular weight excluding hydrogens is 344 g/mol. The Hall–Kier alpha value is -1.73. The molecule has 1 aromatic carbocycles. The molecule has 1 aliphatic carbocycles. The summed E-state index contributed by atoms with van der Waals surface area (Å²) in [5.74, 6) is 0.130. The molecule has 7 heteroatoms. The molecule has 128 valence electrons. The van der Waals surface area contributed by atoms with E-state index in [-0.39, 0.29) is 23.2 Å². The Morgan fingerprint density at radius 1 is 1.33 bits per heavy atom. The smallest absolute Gasteiger partial charge is 0.230 e. The maximum Gasteiger partial charge on any atom is 0.230 e. The third-order valence-electron chi connectivity index (χ3n) is 4.83. The highest BCUT2D eigenvalue weighted by atomic mass is 32.2. The fourth-order valence-corrected chi connectivity index (χ4v) is 4.55. The van der Waals surface area contributed by atoms with E-state index in [2.05, 4.69) is 24.1 Å². The largest absolute Gasteiger partial charge is 0.302 e. The number of thiazole rings is 1. The predicted octanol–water partition coefficient (Wildman–Crippen LogP) is 3.10. The van der Waals surface area contributed by atoms with Gasteiger partial charge >= 0.3 is 0 Å². The second-order valence-corrected chi connectivity index (χ2v) is 9.49. The lowest BCUT2D eigenvalue weighted by Gasteiger charge is -2.22. The molecule has 1 N–H and O–H groups in total. The van der Waals surface area contributed by atoms with Crippen LogP contribution in [0.3, 0.4) is 0 Å². The normalized spacial score (nSPS) is 23.2. The number of anilines is 1. The molecule has 2 aromatic rings. The molecule has 1 amide bonds. The molecule has 5 nitrogen and oxygen atoms in total. The Bertz CT molecular complexity index is 842. The van der Waals surface area contributed by atoms with E-state index in [0.717, 1.165) is 12.0 Å². The SMILES string of the molecule is CC(C)C1(c2ccc(S(C)(=O)=O)cc2)CC1C(=O)Nc1nccs1. The number of benzene rings is 1. The third-order valence-corrected chi connectivity index (χ3v) is 6.65. The molecule has 0 spiro atoms. The number of carbonyl (C=O) groups is 1. The summed E-state index contributed by atoms with van der Waals surface area (Å²) in [7, 11) is -3.22. The highest BCUT2D eigenvalue weighted by molar-refractivity contribution is 7.90. The number of nitrogens with zero attached hydrogens (tertiary/aromatic N) is 1. The van der Waals surface area contributed by atoms with E-state index in [9.17, 15) is 13.2 Å². The maximum absolute atomic E-state index is 12.6. The van der Waals surface area contributed by atoms with Crippen LogP contribution in [0.4, 0.5) is 5.13 Å². The van der Waals surface area contributed by atoms with Crippen LogP contribution in [0.5, 0.6) is 0 Å². The lowest BCUT2D eigenvalue weighted by molar-refractivity contribution is -0.117. The quantitative estimate of drug-likeness (QED) is 0.884. The van der Waals surface area contributed by atoms with Gasteiger partial charge in [-0.15, -0.1) is 11.3 Å². The molecule has 2 unspecified atom stereocenters.